The van der Waals surface area contributed by atoms with Crippen LogP contribution >= 0.6 is 0 Å². The van der Waals surface area contributed by atoms with Gasteiger partial charge in [-0.1, -0.05) is 6.92 Å². The lowest BCUT2D eigenvalue weighted by molar-refractivity contribution is -0.144. The topological polar surface area (TPSA) is 128 Å². The van der Waals surface area contributed by atoms with Crippen molar-refractivity contribution in [3.63, 3.8) is 0 Å². The average molecular weight is 723 g/mol. The van der Waals surface area contributed by atoms with Gasteiger partial charge >= 0.3 is 30.6 Å². The minimum Gasteiger partial charge on any atom is -0.490 e. The monoisotopic (exact) mass is 722 g/mol. The van der Waals surface area contributed by atoms with Crippen LogP contribution in [0, 0.1) is 0 Å². The third kappa shape index (κ3) is 8.57. The zero-order chi connectivity index (χ0) is 37.2. The molecule has 0 aliphatic carbocycles. The molecular weight excluding hydrogens is 691 g/mol. The Hall–Kier alpha value is -4.61. The summed E-state index contributed by atoms with van der Waals surface area (Å²) in [6.45, 7) is 3.09. The molecule has 3 N–H and O–H groups in total. The van der Waals surface area contributed by atoms with Crippen molar-refractivity contribution in [3.8, 4) is 5.75 Å². The highest BCUT2D eigenvalue weighted by atomic mass is 19.4. The number of rotatable bonds is 10. The van der Waals surface area contributed by atoms with Crippen molar-refractivity contribution in [1.29, 1.82) is 0 Å². The van der Waals surface area contributed by atoms with Crippen LogP contribution in [-0.4, -0.2) is 46.0 Å². The predicted octanol–water partition coefficient (Wildman–Crippen LogP) is 7.93. The van der Waals surface area contributed by atoms with E-state index in [4.69, 9.17) is 15.2 Å². The van der Waals surface area contributed by atoms with Crippen molar-refractivity contribution >= 4 is 17.7 Å². The second-order valence-electron chi connectivity index (χ2n) is 11.5. The van der Waals surface area contributed by atoms with E-state index >= 15 is 0 Å². The fraction of sp³-hybridized carbons (Fsp3) is 0.438. The van der Waals surface area contributed by atoms with E-state index in [-0.39, 0.29) is 73.5 Å². The maximum absolute atomic E-state index is 13.8. The largest absolute Gasteiger partial charge is 0.490 e. The number of esters is 1. The van der Waals surface area contributed by atoms with Crippen LogP contribution < -0.4 is 15.4 Å². The molecule has 2 heterocycles. The molecule has 0 saturated carbocycles. The fourth-order valence-corrected chi connectivity index (χ4v) is 5.62. The van der Waals surface area contributed by atoms with E-state index in [1.54, 1.807) is 13.8 Å². The number of alkyl halides is 9. The SMILES string of the molecule is CCOC(=O)CCCOc1cnc([C@H]2C[C@@](N)(CC)N(C(=O)O)c3ccc(C(F)(F)F)cc32)nc1Cc1cc(C(F)(F)F)cc(C(F)(F)F)c1. The zero-order valence-corrected chi connectivity index (χ0v) is 26.5. The van der Waals surface area contributed by atoms with Gasteiger partial charge in [-0.25, -0.2) is 14.8 Å². The highest BCUT2D eigenvalue weighted by molar-refractivity contribution is 5.90. The van der Waals surface area contributed by atoms with Gasteiger partial charge in [0.1, 0.15) is 11.5 Å². The number of carbonyl (C=O) groups is 2. The first kappa shape index (κ1) is 38.2. The Labute approximate surface area is 279 Å². The minimum atomic E-state index is -5.15. The van der Waals surface area contributed by atoms with Crippen molar-refractivity contribution in [2.75, 3.05) is 18.1 Å². The van der Waals surface area contributed by atoms with Gasteiger partial charge in [0.2, 0.25) is 0 Å². The van der Waals surface area contributed by atoms with Crippen LogP contribution in [0.25, 0.3) is 0 Å². The molecule has 18 heteroatoms. The number of benzene rings is 2. The molecule has 50 heavy (non-hydrogen) atoms. The van der Waals surface area contributed by atoms with Crippen molar-refractivity contribution in [3.05, 3.63) is 81.9 Å². The molecule has 4 rings (SSSR count). The number of ether oxygens (including phenoxy) is 2. The van der Waals surface area contributed by atoms with Crippen molar-refractivity contribution in [1.82, 2.24) is 9.97 Å². The molecule has 0 fully saturated rings. The van der Waals surface area contributed by atoms with Crippen LogP contribution in [0.3, 0.4) is 0 Å². The highest BCUT2D eigenvalue weighted by Crippen LogP contribution is 2.47. The minimum absolute atomic E-state index is 0.0186. The maximum atomic E-state index is 13.8. The normalized spacial score (nSPS) is 18.1. The number of nitrogens with two attached hydrogens (primary N) is 1. The van der Waals surface area contributed by atoms with E-state index in [2.05, 4.69) is 9.97 Å². The second kappa shape index (κ2) is 14.3. The highest BCUT2D eigenvalue weighted by Gasteiger charge is 2.47. The number of halogens is 9. The Kier molecular flexibility index (Phi) is 10.9. The molecule has 1 aromatic heterocycles. The van der Waals surface area contributed by atoms with Gasteiger partial charge in [-0.05, 0) is 73.7 Å². The summed E-state index contributed by atoms with van der Waals surface area (Å²) in [5.74, 6) is -2.19. The van der Waals surface area contributed by atoms with Crippen molar-refractivity contribution in [2.24, 2.45) is 5.73 Å². The first-order valence-corrected chi connectivity index (χ1v) is 15.1. The van der Waals surface area contributed by atoms with Gasteiger partial charge in [-0.15, -0.1) is 0 Å². The molecule has 3 aromatic rings. The number of carbonyl (C=O) groups excluding carboxylic acids is 1. The molecule has 0 spiro atoms. The molecule has 2 aromatic carbocycles. The molecule has 0 saturated heterocycles. The van der Waals surface area contributed by atoms with E-state index in [0.29, 0.717) is 18.2 Å². The quantitative estimate of drug-likeness (QED) is 0.123. The Bertz CT molecular complexity index is 1700. The molecule has 1 aliphatic heterocycles. The summed E-state index contributed by atoms with van der Waals surface area (Å²) in [5, 5.41) is 10.00. The van der Waals surface area contributed by atoms with Gasteiger partial charge in [-0.3, -0.25) is 9.69 Å². The number of fused-ring (bicyclic) bond motifs is 1. The lowest BCUT2D eigenvalue weighted by Gasteiger charge is -2.46. The standard InChI is InChI=1S/C32H31F9N4O5/c1-3-29(42)15-22(21-14-18(30(33,34)35)7-8-24(21)45(29)28(47)48)27-43-16-25(50-9-5-6-26(46)49-4-2)23(44-27)12-17-10-19(31(36,37)38)13-20(11-17)32(39,40)41/h7-8,10-11,13-14,16,22H,3-6,9,12,15,42H2,1-2H3,(H,47,48)/t22-,29+/m0/s1. The number of nitrogens with zero attached hydrogens (tertiary/aromatic N) is 3. The summed E-state index contributed by atoms with van der Waals surface area (Å²) < 4.78 is 134. The maximum Gasteiger partial charge on any atom is 0.416 e. The average Bonchev–Trinajstić information content (AvgIpc) is 3.01. The van der Waals surface area contributed by atoms with Crippen molar-refractivity contribution in [2.45, 2.75) is 76.1 Å². The van der Waals surface area contributed by atoms with E-state index in [9.17, 15) is 54.2 Å². The van der Waals surface area contributed by atoms with E-state index in [0.717, 1.165) is 23.2 Å². The summed E-state index contributed by atoms with van der Waals surface area (Å²) in [4.78, 5) is 33.4. The summed E-state index contributed by atoms with van der Waals surface area (Å²) >= 11 is 0. The summed E-state index contributed by atoms with van der Waals surface area (Å²) in [5.41, 5.74) is -0.558. The van der Waals surface area contributed by atoms with Crippen LogP contribution in [0.4, 0.5) is 50.0 Å². The number of anilines is 1. The third-order valence-electron chi connectivity index (χ3n) is 8.04. The summed E-state index contributed by atoms with van der Waals surface area (Å²) in [6, 6.07) is 3.30. The van der Waals surface area contributed by atoms with Crippen molar-refractivity contribution < 1.29 is 63.7 Å². The van der Waals surface area contributed by atoms with Gasteiger partial charge < -0.3 is 20.3 Å². The number of amides is 1. The molecule has 9 nitrogen and oxygen atoms in total. The summed E-state index contributed by atoms with van der Waals surface area (Å²) in [6.07, 6.45) is -16.7. The molecule has 1 amide bonds. The molecule has 272 valence electrons. The van der Waals surface area contributed by atoms with Gasteiger partial charge in [0.15, 0.2) is 5.75 Å². The first-order valence-electron chi connectivity index (χ1n) is 15.1. The Morgan fingerprint density at radius 3 is 2.12 bits per heavy atom. The summed E-state index contributed by atoms with van der Waals surface area (Å²) in [7, 11) is 0. The van der Waals surface area contributed by atoms with Gasteiger partial charge in [-0.2, -0.15) is 39.5 Å². The van der Waals surface area contributed by atoms with E-state index in [1.807, 2.05) is 0 Å². The van der Waals surface area contributed by atoms with Crippen LogP contribution in [0.5, 0.6) is 5.75 Å². The lowest BCUT2D eigenvalue weighted by atomic mass is 9.80. The smallest absolute Gasteiger partial charge is 0.416 e. The Morgan fingerprint density at radius 2 is 1.58 bits per heavy atom. The van der Waals surface area contributed by atoms with Gasteiger partial charge in [0, 0.05) is 18.8 Å². The Balaban J connectivity index is 1.87. The molecule has 0 radical (unpaired) electrons. The number of hydrogen-bond donors (Lipinski definition) is 2. The van der Waals surface area contributed by atoms with E-state index < -0.39 is 70.8 Å². The second-order valence-corrected chi connectivity index (χ2v) is 11.5. The lowest BCUT2D eigenvalue weighted by Crippen LogP contribution is -2.61. The van der Waals surface area contributed by atoms with Gasteiger partial charge in [0.05, 0.1) is 47.5 Å². The number of carboxylic acid groups (broad SMARTS) is 1. The van der Waals surface area contributed by atoms with E-state index in [1.165, 1.54) is 0 Å². The fourth-order valence-electron chi connectivity index (χ4n) is 5.62. The number of hydrogen-bond acceptors (Lipinski definition) is 7. The number of aromatic nitrogens is 2. The van der Waals surface area contributed by atoms with Crippen LogP contribution in [0.15, 0.2) is 42.6 Å². The molecule has 2 atom stereocenters. The molecular formula is C32H31F9N4O5. The predicted molar refractivity (Wildman–Crippen MR) is 158 cm³/mol. The third-order valence-corrected chi connectivity index (χ3v) is 8.04. The first-order chi connectivity index (χ1) is 23.2. The van der Waals surface area contributed by atoms with Gasteiger partial charge in [0.25, 0.3) is 0 Å². The van der Waals surface area contributed by atoms with Crippen LogP contribution in [0.1, 0.15) is 84.8 Å². The zero-order valence-electron chi connectivity index (χ0n) is 26.5. The molecule has 0 unspecified atom stereocenters. The van der Waals surface area contributed by atoms with Crippen LogP contribution in [0.2, 0.25) is 0 Å². The Morgan fingerprint density at radius 1 is 0.960 bits per heavy atom. The molecule has 0 bridgehead atoms. The molecule has 1 aliphatic rings. The van der Waals surface area contributed by atoms with Crippen LogP contribution in [-0.2, 0) is 34.5 Å².